The largest absolute Gasteiger partial charge is 0.516 e. The van der Waals surface area contributed by atoms with Crippen molar-refractivity contribution in [3.8, 4) is 0 Å². The van der Waals surface area contributed by atoms with Crippen molar-refractivity contribution in [2.24, 2.45) is 7.05 Å². The second-order valence-electron chi connectivity index (χ2n) is 19.3. The zero-order valence-electron chi connectivity index (χ0n) is 46.6. The van der Waals surface area contributed by atoms with Crippen LogP contribution in [0, 0.1) is 51.2 Å². The van der Waals surface area contributed by atoms with Crippen LogP contribution in [0.15, 0.2) is 35.3 Å². The third kappa shape index (κ3) is 14.9. The predicted molar refractivity (Wildman–Crippen MR) is 243 cm³/mol. The van der Waals surface area contributed by atoms with E-state index in [1.54, 1.807) is 0 Å². The molecule has 0 aliphatic heterocycles. The second kappa shape index (κ2) is 29.2. The number of alkyl halides is 38. The topological polar surface area (TPSA) is 108 Å². The van der Waals surface area contributed by atoms with E-state index in [0.717, 1.165) is 40.8 Å². The van der Waals surface area contributed by atoms with Gasteiger partial charge in [-0.15, -0.1) is 33.5 Å². The molecule has 0 N–H and O–H groups in total. The third-order valence-electron chi connectivity index (χ3n) is 12.5. The van der Waals surface area contributed by atoms with Gasteiger partial charge in [0.25, 0.3) is 29.6 Å². The average molecular weight is 2480 g/mol. The van der Waals surface area contributed by atoms with Gasteiger partial charge >= 0.3 is 82.9 Å². The average Bonchev–Trinajstić information content (AvgIpc) is 1.52. The Morgan fingerprint density at radius 1 is 0.376 bits per heavy atom. The van der Waals surface area contributed by atoms with Gasteiger partial charge in [-0.2, -0.15) is 158 Å². The van der Waals surface area contributed by atoms with Crippen molar-refractivity contribution < 1.29 is 272 Å². The first kappa shape index (κ1) is 95.5. The van der Waals surface area contributed by atoms with Crippen molar-refractivity contribution in [3.05, 3.63) is 103 Å². The first-order valence-electron chi connectivity index (χ1n) is 23.5. The summed E-state index contributed by atoms with van der Waals surface area (Å²) in [6.07, 6.45) is 5.02. The molecule has 0 amide bonds. The standard InChI is InChI=1S/C10H5F8N2.C10H4F8NS.C9H3F8N2S.C9H4F6NS.C8HF8N2O.5Ir/c1-20-3-2-6(19-20)5-4-7(11,12)9(15,16)10(17,18)8(5,13)14;1-4-3-19-6(20-4)5-2-7(11,12)9(15,16)10(17,18)8(5,13)14;1-3-18-19-5(20-3)4-2-6(10,11)8(14,15)9(16,17)7(4,12)13;1-4-2-6(16-17-4)5-3-7(10,11)9(14,15)8(5,12)13;9-5(10)1-3(4-18-17-2-19-4)6(11,12)8(15,16)7(5,13)14;;;;;/h2-3H,1H3;3H,1H3;1H3;2H,1H3;2H;;;;;/q5*-1;;;;;. The fraction of sp³-hybridized carbons (Fsp3) is 0.500. The van der Waals surface area contributed by atoms with Gasteiger partial charge in [0, 0.05) is 130 Å². The van der Waals surface area contributed by atoms with Crippen LogP contribution in [0.5, 0.6) is 0 Å². The Balaban J connectivity index is 0.000000624. The van der Waals surface area contributed by atoms with Gasteiger partial charge in [-0.05, 0) is 30.8 Å². The van der Waals surface area contributed by atoms with Gasteiger partial charge < -0.3 is 9.40 Å². The van der Waals surface area contributed by atoms with Gasteiger partial charge in [-0.25, -0.2) is 76.8 Å². The number of allylic oxidation sites excluding steroid dienone is 10. The molecule has 5 aliphatic carbocycles. The maximum atomic E-state index is 13.5. The Morgan fingerprint density at radius 3 is 1.01 bits per heavy atom. The summed E-state index contributed by atoms with van der Waals surface area (Å²) in [6, 6.07) is 1.75. The van der Waals surface area contributed by atoms with E-state index in [9.17, 15) is 167 Å². The van der Waals surface area contributed by atoms with Gasteiger partial charge in [0.05, 0.1) is 10.9 Å². The fourth-order valence-electron chi connectivity index (χ4n) is 7.32. The Labute approximate surface area is 613 Å². The van der Waals surface area contributed by atoms with E-state index in [-0.39, 0.29) is 122 Å². The molecule has 55 heteroatoms. The number of hydrogen-bond acceptors (Lipinski definition) is 11. The molecular weight excluding hydrogens is 2460 g/mol. The summed E-state index contributed by atoms with van der Waals surface area (Å²) in [4.78, 5) is 3.95. The van der Waals surface area contributed by atoms with Crippen LogP contribution in [0.25, 0.3) is 27.9 Å². The summed E-state index contributed by atoms with van der Waals surface area (Å²) in [7, 11) is 1.20. The van der Waals surface area contributed by atoms with E-state index in [1.807, 2.05) is 0 Å². The van der Waals surface area contributed by atoms with Gasteiger partial charge in [0.2, 0.25) is 0 Å². The molecule has 5 radical (unpaired) electrons. The molecule has 0 aromatic carbocycles. The molecule has 10 rings (SSSR count). The van der Waals surface area contributed by atoms with Crippen LogP contribution >= 0.6 is 34.2 Å². The van der Waals surface area contributed by atoms with E-state index in [2.05, 4.69) is 39.3 Å². The minimum atomic E-state index is -6.35. The Hall–Kier alpha value is -3.54. The second-order valence-corrected chi connectivity index (χ2v) is 22.7. The number of rotatable bonds is 5. The quantitative estimate of drug-likeness (QED) is 0.126. The first-order chi connectivity index (χ1) is 42.6. The van der Waals surface area contributed by atoms with E-state index in [0.29, 0.717) is 53.0 Å². The molecule has 101 heavy (non-hydrogen) atoms. The molecule has 0 saturated heterocycles. The number of nitrogens with zero attached hydrogens (tertiary/aromatic N) is 8. The summed E-state index contributed by atoms with van der Waals surface area (Å²) in [5, 5.41) is 13.0. The zero-order valence-corrected chi connectivity index (χ0v) is 61.1. The van der Waals surface area contributed by atoms with Crippen molar-refractivity contribution in [1.82, 2.24) is 39.5 Å². The number of halogens is 38. The predicted octanol–water partition coefficient (Wildman–Crippen LogP) is 17.3. The molecule has 0 fully saturated rings. The Bertz CT molecular complexity index is 3670. The molecule has 5 aliphatic rings. The van der Waals surface area contributed by atoms with E-state index in [4.69, 9.17) is 0 Å². The molecule has 0 spiro atoms. The normalized spacial score (nSPS) is 24.8. The monoisotopic (exact) mass is 2480 g/mol. The van der Waals surface area contributed by atoms with Gasteiger partial charge in [-0.3, -0.25) is 14.2 Å². The molecule has 9 nitrogen and oxygen atoms in total. The minimum Gasteiger partial charge on any atom is -0.516 e. The molecule has 5 aromatic rings. The number of thiazole rings is 1. The Morgan fingerprint density at radius 2 is 0.713 bits per heavy atom. The molecule has 0 bridgehead atoms. The van der Waals surface area contributed by atoms with Crippen LogP contribution in [0.2, 0.25) is 0 Å². The minimum absolute atomic E-state index is 0. The molecule has 0 atom stereocenters. The van der Waals surface area contributed by atoms with E-state index < -0.39 is 168 Å². The van der Waals surface area contributed by atoms with Crippen LogP contribution in [-0.2, 0) is 108 Å². The number of hydrogen-bond donors (Lipinski definition) is 0. The summed E-state index contributed by atoms with van der Waals surface area (Å²) in [6.45, 7) is 4.09. The SMILES string of the molecule is Cc1cc(C2=[C-]C(F)(F)C(F)(F)C2(F)F)ns1.Cc1cnc(C2=[C-]C(F)(F)C(F)(F)C(F)(F)C2(F)F)s1.Cc1nnc(C2=[C-]C(F)(F)C(F)(F)C(F)(F)C2(F)F)s1.Cn1ccc(C2=[C-]C(F)(F)C(F)(F)C(F)(F)C2(F)F)n1.FC1(F)[C-]=C(c2nnco2)C(F)(F)C(F)(F)C1(F)F.[Ir].[Ir].[Ir].[Ir].[Ir]. The number of aromatic nitrogens is 8. The smallest absolute Gasteiger partial charge is 0.378 e. The van der Waals surface area contributed by atoms with E-state index in [1.165, 1.54) is 27.8 Å². The first-order valence-corrected chi connectivity index (χ1v) is 25.9. The summed E-state index contributed by atoms with van der Waals surface area (Å²) >= 11 is 1.44. The maximum Gasteiger partial charge on any atom is 0.378 e. The third-order valence-corrected chi connectivity index (χ3v) is 15.0. The molecule has 5 aromatic heterocycles. The zero-order chi connectivity index (χ0) is 74.4. The summed E-state index contributed by atoms with van der Waals surface area (Å²) in [5.41, 5.74) is -11.5. The fourth-order valence-corrected chi connectivity index (χ4v) is 9.40. The molecule has 0 saturated carbocycles. The molecule has 5 heterocycles. The summed E-state index contributed by atoms with van der Waals surface area (Å²) in [5.74, 6) is -112. The van der Waals surface area contributed by atoms with Crippen LogP contribution in [0.4, 0.5) is 167 Å². The number of aryl methyl sites for hydroxylation is 4. The van der Waals surface area contributed by atoms with Crippen LogP contribution in [-0.4, -0.2) is 152 Å². The van der Waals surface area contributed by atoms with Gasteiger partial charge in [0.15, 0.2) is 6.39 Å². The van der Waals surface area contributed by atoms with Crippen molar-refractivity contribution in [3.63, 3.8) is 0 Å². The van der Waals surface area contributed by atoms with Gasteiger partial charge in [0.1, 0.15) is 0 Å². The van der Waals surface area contributed by atoms with Crippen molar-refractivity contribution in [2.45, 2.75) is 133 Å². The van der Waals surface area contributed by atoms with Crippen LogP contribution < -0.4 is 0 Å². The maximum absolute atomic E-state index is 13.5. The molecule has 0 unspecified atom stereocenters. The molecular formula is C46H17F38Ir5N8OS3-5. The van der Waals surface area contributed by atoms with Gasteiger partial charge in [-0.1, -0.05) is 34.6 Å². The van der Waals surface area contributed by atoms with E-state index >= 15 is 0 Å². The van der Waals surface area contributed by atoms with Crippen molar-refractivity contribution >= 4 is 62.1 Å². The van der Waals surface area contributed by atoms with Crippen LogP contribution in [0.3, 0.4) is 0 Å². The van der Waals surface area contributed by atoms with Crippen molar-refractivity contribution in [2.75, 3.05) is 0 Å². The molecule has 581 valence electrons. The van der Waals surface area contributed by atoms with Crippen LogP contribution in [0.1, 0.15) is 42.1 Å². The summed E-state index contributed by atoms with van der Waals surface area (Å²) < 4.78 is 505. The van der Waals surface area contributed by atoms with Crippen molar-refractivity contribution in [1.29, 1.82) is 0 Å². The Kier molecular flexibility index (Phi) is 27.6.